The minimum absolute atomic E-state index is 0.896. The molecule has 0 saturated heterocycles. The van der Waals surface area contributed by atoms with Crippen molar-refractivity contribution in [3.8, 4) is 0 Å². The number of nitrogens with zero attached hydrogens (tertiary/aromatic N) is 2. The average Bonchev–Trinajstić information content (AvgIpc) is 2.47. The minimum Gasteiger partial charge on any atom is -0.370 e. The third kappa shape index (κ3) is 2.41. The SMILES string of the molecule is CCNc1cccc(N2CCCc3ccccc32)n1. The molecule has 1 aromatic heterocycles. The summed E-state index contributed by atoms with van der Waals surface area (Å²) in [5.41, 5.74) is 2.72. The maximum absolute atomic E-state index is 4.70. The molecule has 0 atom stereocenters. The smallest absolute Gasteiger partial charge is 0.135 e. The lowest BCUT2D eigenvalue weighted by Crippen LogP contribution is -2.25. The number of benzene rings is 1. The van der Waals surface area contributed by atoms with E-state index in [1.807, 2.05) is 6.07 Å². The van der Waals surface area contributed by atoms with Crippen molar-refractivity contribution in [1.29, 1.82) is 0 Å². The molecule has 98 valence electrons. The van der Waals surface area contributed by atoms with Crippen LogP contribution < -0.4 is 10.2 Å². The molecular formula is C16H19N3. The third-order valence-corrected chi connectivity index (χ3v) is 3.48. The average molecular weight is 253 g/mol. The molecule has 0 fully saturated rings. The van der Waals surface area contributed by atoms with E-state index < -0.39 is 0 Å². The van der Waals surface area contributed by atoms with E-state index in [4.69, 9.17) is 4.98 Å². The Bertz CT molecular complexity index is 565. The fraction of sp³-hybridized carbons (Fsp3) is 0.312. The van der Waals surface area contributed by atoms with Gasteiger partial charge in [-0.15, -0.1) is 0 Å². The first-order valence-electron chi connectivity index (χ1n) is 6.95. The van der Waals surface area contributed by atoms with Gasteiger partial charge in [-0.1, -0.05) is 24.3 Å². The highest BCUT2D eigenvalue weighted by atomic mass is 15.2. The van der Waals surface area contributed by atoms with Gasteiger partial charge < -0.3 is 10.2 Å². The maximum Gasteiger partial charge on any atom is 0.135 e. The lowest BCUT2D eigenvalue weighted by Gasteiger charge is -2.30. The molecule has 1 aromatic carbocycles. The Morgan fingerprint density at radius 3 is 2.95 bits per heavy atom. The van der Waals surface area contributed by atoms with Crippen molar-refractivity contribution in [3.05, 3.63) is 48.0 Å². The Morgan fingerprint density at radius 2 is 2.05 bits per heavy atom. The van der Waals surface area contributed by atoms with E-state index in [1.54, 1.807) is 0 Å². The summed E-state index contributed by atoms with van der Waals surface area (Å²) in [6, 6.07) is 14.8. The summed E-state index contributed by atoms with van der Waals surface area (Å²) in [4.78, 5) is 7.02. The fourth-order valence-corrected chi connectivity index (χ4v) is 2.62. The first-order chi connectivity index (χ1) is 9.38. The van der Waals surface area contributed by atoms with Crippen LogP contribution >= 0.6 is 0 Å². The van der Waals surface area contributed by atoms with Gasteiger partial charge >= 0.3 is 0 Å². The first kappa shape index (κ1) is 12.0. The van der Waals surface area contributed by atoms with Gasteiger partial charge in [0.15, 0.2) is 0 Å². The topological polar surface area (TPSA) is 28.2 Å². The van der Waals surface area contributed by atoms with E-state index in [0.717, 1.165) is 24.7 Å². The van der Waals surface area contributed by atoms with Crippen molar-refractivity contribution < 1.29 is 0 Å². The summed E-state index contributed by atoms with van der Waals surface area (Å²) in [7, 11) is 0. The molecule has 3 nitrogen and oxygen atoms in total. The molecule has 3 rings (SSSR count). The number of para-hydroxylation sites is 1. The van der Waals surface area contributed by atoms with Crippen LogP contribution in [0.25, 0.3) is 0 Å². The molecule has 0 unspecified atom stereocenters. The van der Waals surface area contributed by atoms with Crippen LogP contribution in [0.5, 0.6) is 0 Å². The molecule has 2 heterocycles. The number of anilines is 3. The standard InChI is InChI=1S/C16H19N3/c1-2-17-15-10-5-11-16(18-15)19-12-6-8-13-7-3-4-9-14(13)19/h3-5,7,9-11H,2,6,8,12H2,1H3,(H,17,18). The molecular weight excluding hydrogens is 234 g/mol. The number of hydrogen-bond acceptors (Lipinski definition) is 3. The zero-order valence-electron chi connectivity index (χ0n) is 11.3. The highest BCUT2D eigenvalue weighted by molar-refractivity contribution is 5.66. The Morgan fingerprint density at radius 1 is 1.16 bits per heavy atom. The van der Waals surface area contributed by atoms with Crippen molar-refractivity contribution in [2.75, 3.05) is 23.3 Å². The molecule has 0 saturated carbocycles. The van der Waals surface area contributed by atoms with Crippen molar-refractivity contribution in [2.45, 2.75) is 19.8 Å². The van der Waals surface area contributed by atoms with E-state index in [0.29, 0.717) is 0 Å². The quantitative estimate of drug-likeness (QED) is 0.906. The van der Waals surface area contributed by atoms with Crippen LogP contribution in [0.4, 0.5) is 17.3 Å². The summed E-state index contributed by atoms with van der Waals surface area (Å²) >= 11 is 0. The van der Waals surface area contributed by atoms with E-state index in [2.05, 4.69) is 53.5 Å². The van der Waals surface area contributed by atoms with Crippen molar-refractivity contribution >= 4 is 17.3 Å². The van der Waals surface area contributed by atoms with Gasteiger partial charge in [0.1, 0.15) is 11.6 Å². The highest BCUT2D eigenvalue weighted by Gasteiger charge is 2.18. The number of rotatable bonds is 3. The van der Waals surface area contributed by atoms with Gasteiger partial charge in [0.2, 0.25) is 0 Å². The molecule has 0 spiro atoms. The number of hydrogen-bond donors (Lipinski definition) is 1. The molecule has 2 aromatic rings. The molecule has 0 aliphatic carbocycles. The van der Waals surface area contributed by atoms with E-state index in [9.17, 15) is 0 Å². The van der Waals surface area contributed by atoms with E-state index >= 15 is 0 Å². The van der Waals surface area contributed by atoms with Gasteiger partial charge in [0.25, 0.3) is 0 Å². The maximum atomic E-state index is 4.70. The number of pyridine rings is 1. The fourth-order valence-electron chi connectivity index (χ4n) is 2.62. The van der Waals surface area contributed by atoms with Crippen molar-refractivity contribution in [1.82, 2.24) is 4.98 Å². The lowest BCUT2D eigenvalue weighted by molar-refractivity contribution is 0.760. The Hall–Kier alpha value is -2.03. The monoisotopic (exact) mass is 253 g/mol. The van der Waals surface area contributed by atoms with Crippen LogP contribution in [-0.4, -0.2) is 18.1 Å². The second-order valence-corrected chi connectivity index (χ2v) is 4.80. The third-order valence-electron chi connectivity index (χ3n) is 3.48. The summed E-state index contributed by atoms with van der Waals surface area (Å²) in [5.74, 6) is 1.98. The van der Waals surface area contributed by atoms with Crippen molar-refractivity contribution in [2.24, 2.45) is 0 Å². The number of aromatic nitrogens is 1. The van der Waals surface area contributed by atoms with Crippen LogP contribution in [0.2, 0.25) is 0 Å². The lowest BCUT2D eigenvalue weighted by atomic mass is 10.0. The molecule has 0 bridgehead atoms. The van der Waals surface area contributed by atoms with Crippen LogP contribution in [0.15, 0.2) is 42.5 Å². The van der Waals surface area contributed by atoms with Crippen LogP contribution in [0.1, 0.15) is 18.9 Å². The van der Waals surface area contributed by atoms with Gasteiger partial charge in [-0.2, -0.15) is 0 Å². The summed E-state index contributed by atoms with van der Waals surface area (Å²) in [6.45, 7) is 4.02. The summed E-state index contributed by atoms with van der Waals surface area (Å²) in [5, 5.41) is 3.27. The first-order valence-corrected chi connectivity index (χ1v) is 6.95. The molecule has 0 amide bonds. The summed E-state index contributed by atoms with van der Waals surface area (Å²) < 4.78 is 0. The Labute approximate surface area is 114 Å². The van der Waals surface area contributed by atoms with Crippen LogP contribution in [0.3, 0.4) is 0 Å². The van der Waals surface area contributed by atoms with Gasteiger partial charge in [0, 0.05) is 18.8 Å². The van der Waals surface area contributed by atoms with Gasteiger partial charge in [-0.05, 0) is 43.5 Å². The summed E-state index contributed by atoms with van der Waals surface area (Å²) in [6.07, 6.45) is 2.35. The Balaban J connectivity index is 1.97. The predicted octanol–water partition coefficient (Wildman–Crippen LogP) is 3.60. The zero-order chi connectivity index (χ0) is 13.1. The second kappa shape index (κ2) is 5.31. The normalized spacial score (nSPS) is 14.1. The second-order valence-electron chi connectivity index (χ2n) is 4.80. The molecule has 3 heteroatoms. The number of nitrogens with one attached hydrogen (secondary N) is 1. The molecule has 1 aliphatic heterocycles. The molecule has 1 aliphatic rings. The number of fused-ring (bicyclic) bond motifs is 1. The van der Waals surface area contributed by atoms with Crippen LogP contribution in [-0.2, 0) is 6.42 Å². The van der Waals surface area contributed by atoms with Crippen LogP contribution in [0, 0.1) is 0 Å². The highest BCUT2D eigenvalue weighted by Crippen LogP contribution is 2.32. The predicted molar refractivity (Wildman–Crippen MR) is 80.2 cm³/mol. The van der Waals surface area contributed by atoms with E-state index in [1.165, 1.54) is 24.1 Å². The van der Waals surface area contributed by atoms with E-state index in [-0.39, 0.29) is 0 Å². The Kier molecular flexibility index (Phi) is 3.36. The van der Waals surface area contributed by atoms with Crippen molar-refractivity contribution in [3.63, 3.8) is 0 Å². The van der Waals surface area contributed by atoms with Gasteiger partial charge in [0.05, 0.1) is 0 Å². The number of aryl methyl sites for hydroxylation is 1. The zero-order valence-corrected chi connectivity index (χ0v) is 11.3. The molecule has 0 radical (unpaired) electrons. The molecule has 1 N–H and O–H groups in total. The van der Waals surface area contributed by atoms with Gasteiger partial charge in [-0.25, -0.2) is 4.98 Å². The largest absolute Gasteiger partial charge is 0.370 e. The van der Waals surface area contributed by atoms with Gasteiger partial charge in [-0.3, -0.25) is 0 Å². The minimum atomic E-state index is 0.896. The molecule has 19 heavy (non-hydrogen) atoms.